The van der Waals surface area contributed by atoms with Crippen molar-refractivity contribution in [2.75, 3.05) is 13.1 Å². The van der Waals surface area contributed by atoms with Gasteiger partial charge in [-0.05, 0) is 31.8 Å². The summed E-state index contributed by atoms with van der Waals surface area (Å²) in [4.78, 5) is 0. The molecule has 0 aromatic carbocycles. The molecular formula is C13H29N. The lowest BCUT2D eigenvalue weighted by atomic mass is 9.96. The molecule has 0 aromatic heterocycles. The molecule has 0 aliphatic carbocycles. The fraction of sp³-hybridized carbons (Fsp3) is 1.00. The second-order valence-corrected chi connectivity index (χ2v) is 4.31. The Hall–Kier alpha value is -0.0400. The van der Waals surface area contributed by atoms with Crippen LogP contribution in [0.1, 0.15) is 65.7 Å². The lowest BCUT2D eigenvalue weighted by molar-refractivity contribution is 0.365. The Morgan fingerprint density at radius 2 is 1.43 bits per heavy atom. The van der Waals surface area contributed by atoms with E-state index in [1.54, 1.807) is 0 Å². The number of rotatable bonds is 4. The van der Waals surface area contributed by atoms with Crippen LogP contribution in [0, 0.1) is 5.92 Å². The van der Waals surface area contributed by atoms with Gasteiger partial charge in [0.25, 0.3) is 0 Å². The molecule has 1 nitrogen and oxygen atoms in total. The lowest BCUT2D eigenvalue weighted by Crippen LogP contribution is -2.27. The summed E-state index contributed by atoms with van der Waals surface area (Å²) >= 11 is 0. The molecule has 1 N–H and O–H groups in total. The Kier molecular flexibility index (Phi) is 11.0. The van der Waals surface area contributed by atoms with Gasteiger partial charge in [-0.3, -0.25) is 0 Å². The highest BCUT2D eigenvalue weighted by Gasteiger charge is 2.08. The van der Waals surface area contributed by atoms with Gasteiger partial charge in [0.05, 0.1) is 0 Å². The van der Waals surface area contributed by atoms with Gasteiger partial charge in [-0.2, -0.15) is 0 Å². The number of nitrogens with one attached hydrogen (secondary N) is 1. The largest absolute Gasteiger partial charge is 0.317 e. The monoisotopic (exact) mass is 199 g/mol. The predicted molar refractivity (Wildman–Crippen MR) is 65.7 cm³/mol. The van der Waals surface area contributed by atoms with Gasteiger partial charge in [0.1, 0.15) is 0 Å². The van der Waals surface area contributed by atoms with E-state index in [0.29, 0.717) is 0 Å². The van der Waals surface area contributed by atoms with Gasteiger partial charge in [-0.25, -0.2) is 0 Å². The maximum absolute atomic E-state index is 3.35. The number of unbranched alkanes of at least 4 members (excludes halogenated alkanes) is 3. The van der Waals surface area contributed by atoms with Crippen molar-refractivity contribution in [2.24, 2.45) is 5.92 Å². The van der Waals surface area contributed by atoms with Crippen molar-refractivity contribution in [1.82, 2.24) is 5.32 Å². The molecule has 0 radical (unpaired) electrons. The van der Waals surface area contributed by atoms with E-state index in [2.05, 4.69) is 26.1 Å². The molecule has 1 rings (SSSR count). The maximum atomic E-state index is 3.35. The molecule has 0 unspecified atom stereocenters. The van der Waals surface area contributed by atoms with E-state index >= 15 is 0 Å². The van der Waals surface area contributed by atoms with Gasteiger partial charge in [0.2, 0.25) is 0 Å². The first-order valence-electron chi connectivity index (χ1n) is 6.55. The molecule has 1 heteroatoms. The standard InChI is InChI=1S/C7H15N.C6H14/c1-2-7-3-5-8-6-4-7;1-3-5-6-4-2/h7-8H,2-6H2,1H3;3-6H2,1-2H3. The predicted octanol–water partition coefficient (Wildman–Crippen LogP) is 3.98. The fourth-order valence-corrected chi connectivity index (χ4v) is 1.79. The Labute approximate surface area is 90.7 Å². The molecule has 0 aromatic rings. The minimum atomic E-state index is 1.02. The third-order valence-electron chi connectivity index (χ3n) is 2.99. The molecule has 1 fully saturated rings. The first-order chi connectivity index (χ1) is 6.85. The summed E-state index contributed by atoms with van der Waals surface area (Å²) in [6.07, 6.45) is 9.71. The van der Waals surface area contributed by atoms with Crippen LogP contribution >= 0.6 is 0 Å². The number of hydrogen-bond donors (Lipinski definition) is 1. The quantitative estimate of drug-likeness (QED) is 0.675. The molecule has 0 amide bonds. The average Bonchev–Trinajstić information content (AvgIpc) is 2.28. The van der Waals surface area contributed by atoms with Crippen LogP contribution in [-0.4, -0.2) is 13.1 Å². The molecular weight excluding hydrogens is 170 g/mol. The topological polar surface area (TPSA) is 12.0 Å². The van der Waals surface area contributed by atoms with Crippen LogP contribution in [0.25, 0.3) is 0 Å². The summed E-state index contributed by atoms with van der Waals surface area (Å²) < 4.78 is 0. The van der Waals surface area contributed by atoms with Gasteiger partial charge >= 0.3 is 0 Å². The summed E-state index contributed by atoms with van der Waals surface area (Å²) in [6.45, 7) is 9.25. The zero-order chi connectivity index (χ0) is 10.6. The molecule has 0 atom stereocenters. The van der Waals surface area contributed by atoms with E-state index in [-0.39, 0.29) is 0 Å². The van der Waals surface area contributed by atoms with E-state index in [1.165, 1.54) is 58.0 Å². The molecule has 1 aliphatic rings. The van der Waals surface area contributed by atoms with Crippen LogP contribution < -0.4 is 5.32 Å². The van der Waals surface area contributed by atoms with E-state index in [0.717, 1.165) is 5.92 Å². The molecule has 0 saturated carbocycles. The van der Waals surface area contributed by atoms with Crippen LogP contribution in [0.3, 0.4) is 0 Å². The minimum Gasteiger partial charge on any atom is -0.317 e. The van der Waals surface area contributed by atoms with Gasteiger partial charge in [-0.1, -0.05) is 52.9 Å². The molecule has 14 heavy (non-hydrogen) atoms. The van der Waals surface area contributed by atoms with Crippen molar-refractivity contribution in [3.05, 3.63) is 0 Å². The lowest BCUT2D eigenvalue weighted by Gasteiger charge is -2.20. The van der Waals surface area contributed by atoms with Gasteiger partial charge in [0, 0.05) is 0 Å². The van der Waals surface area contributed by atoms with Crippen LogP contribution in [-0.2, 0) is 0 Å². The molecule has 86 valence electrons. The summed E-state index contributed by atoms with van der Waals surface area (Å²) in [5.41, 5.74) is 0. The first-order valence-corrected chi connectivity index (χ1v) is 6.55. The highest BCUT2D eigenvalue weighted by Crippen LogP contribution is 2.13. The summed E-state index contributed by atoms with van der Waals surface area (Å²) in [6, 6.07) is 0. The van der Waals surface area contributed by atoms with Gasteiger partial charge in [-0.15, -0.1) is 0 Å². The second kappa shape index (κ2) is 11.0. The first kappa shape index (κ1) is 14.0. The summed E-state index contributed by atoms with van der Waals surface area (Å²) in [5.74, 6) is 1.02. The Morgan fingerprint density at radius 3 is 1.71 bits per heavy atom. The van der Waals surface area contributed by atoms with E-state index in [1.807, 2.05) is 0 Å². The van der Waals surface area contributed by atoms with E-state index in [9.17, 15) is 0 Å². The van der Waals surface area contributed by atoms with Crippen molar-refractivity contribution < 1.29 is 0 Å². The third-order valence-corrected chi connectivity index (χ3v) is 2.99. The Bertz CT molecular complexity index is 91.4. The zero-order valence-electron chi connectivity index (χ0n) is 10.4. The minimum absolute atomic E-state index is 1.02. The molecule has 1 aliphatic heterocycles. The van der Waals surface area contributed by atoms with Gasteiger partial charge in [0.15, 0.2) is 0 Å². The fourth-order valence-electron chi connectivity index (χ4n) is 1.79. The highest BCUT2D eigenvalue weighted by molar-refractivity contribution is 4.66. The molecule has 1 saturated heterocycles. The molecule has 0 spiro atoms. The van der Waals surface area contributed by atoms with Crippen molar-refractivity contribution in [3.63, 3.8) is 0 Å². The smallest absolute Gasteiger partial charge is 0.00463 e. The Morgan fingerprint density at radius 1 is 0.929 bits per heavy atom. The van der Waals surface area contributed by atoms with Crippen molar-refractivity contribution in [2.45, 2.75) is 65.7 Å². The SMILES string of the molecule is CCC1CCNCC1.CCCCCC. The van der Waals surface area contributed by atoms with E-state index in [4.69, 9.17) is 0 Å². The normalized spacial score (nSPS) is 17.4. The van der Waals surface area contributed by atoms with Crippen LogP contribution in [0.4, 0.5) is 0 Å². The maximum Gasteiger partial charge on any atom is -0.00463 e. The van der Waals surface area contributed by atoms with Crippen LogP contribution in [0.15, 0.2) is 0 Å². The molecule has 1 heterocycles. The highest BCUT2D eigenvalue weighted by atomic mass is 14.9. The zero-order valence-corrected chi connectivity index (χ0v) is 10.4. The van der Waals surface area contributed by atoms with Crippen LogP contribution in [0.2, 0.25) is 0 Å². The van der Waals surface area contributed by atoms with Crippen molar-refractivity contribution in [1.29, 1.82) is 0 Å². The van der Waals surface area contributed by atoms with Crippen LogP contribution in [0.5, 0.6) is 0 Å². The van der Waals surface area contributed by atoms with Crippen molar-refractivity contribution in [3.8, 4) is 0 Å². The molecule has 0 bridgehead atoms. The second-order valence-electron chi connectivity index (χ2n) is 4.31. The van der Waals surface area contributed by atoms with Gasteiger partial charge < -0.3 is 5.32 Å². The Balaban J connectivity index is 0.000000255. The van der Waals surface area contributed by atoms with E-state index < -0.39 is 0 Å². The average molecular weight is 199 g/mol. The summed E-state index contributed by atoms with van der Waals surface area (Å²) in [7, 11) is 0. The number of piperidine rings is 1. The summed E-state index contributed by atoms with van der Waals surface area (Å²) in [5, 5.41) is 3.35. The third kappa shape index (κ3) is 8.55. The number of hydrogen-bond acceptors (Lipinski definition) is 1. The van der Waals surface area contributed by atoms with Crippen molar-refractivity contribution >= 4 is 0 Å².